The van der Waals surface area contributed by atoms with Gasteiger partial charge in [-0.2, -0.15) is 0 Å². The summed E-state index contributed by atoms with van der Waals surface area (Å²) in [5, 5.41) is 3.41. The predicted octanol–water partition coefficient (Wildman–Crippen LogP) is 1.47. The third kappa shape index (κ3) is 3.32. The van der Waals surface area contributed by atoms with Gasteiger partial charge in [-0.15, -0.1) is 12.3 Å². The molecule has 1 saturated heterocycles. The Bertz CT molecular complexity index is 197. The molecule has 0 unspecified atom stereocenters. The maximum Gasteiger partial charge on any atom is 0.0174 e. The Morgan fingerprint density at radius 1 is 1.43 bits per heavy atom. The summed E-state index contributed by atoms with van der Waals surface area (Å²) in [6.07, 6.45) is 9.79. The van der Waals surface area contributed by atoms with Crippen LogP contribution < -0.4 is 5.32 Å². The number of hydrogen-bond acceptors (Lipinski definition) is 2. The average Bonchev–Trinajstić information content (AvgIpc) is 2.22. The van der Waals surface area contributed by atoms with Gasteiger partial charge in [0.05, 0.1) is 0 Å². The highest BCUT2D eigenvalue weighted by atomic mass is 15.1. The molecule has 80 valence electrons. The van der Waals surface area contributed by atoms with E-state index < -0.39 is 0 Å². The van der Waals surface area contributed by atoms with Crippen LogP contribution in [-0.4, -0.2) is 37.1 Å². The first-order valence-corrected chi connectivity index (χ1v) is 5.55. The summed E-state index contributed by atoms with van der Waals surface area (Å²) in [6.45, 7) is 5.90. The molecule has 0 amide bonds. The molecule has 1 aliphatic heterocycles. The van der Waals surface area contributed by atoms with Crippen molar-refractivity contribution in [3.63, 3.8) is 0 Å². The third-order valence-corrected chi connectivity index (χ3v) is 3.36. The van der Waals surface area contributed by atoms with E-state index in [0.29, 0.717) is 5.54 Å². The van der Waals surface area contributed by atoms with Gasteiger partial charge < -0.3 is 10.2 Å². The first kappa shape index (κ1) is 11.6. The Balaban J connectivity index is 2.19. The average molecular weight is 194 g/mol. The molecule has 1 heterocycles. The highest BCUT2D eigenvalue weighted by molar-refractivity contribution is 4.89. The number of nitrogens with one attached hydrogen (secondary N) is 1. The van der Waals surface area contributed by atoms with Crippen LogP contribution in [0.2, 0.25) is 0 Å². The van der Waals surface area contributed by atoms with Gasteiger partial charge in [0.2, 0.25) is 0 Å². The first-order valence-electron chi connectivity index (χ1n) is 5.55. The van der Waals surface area contributed by atoms with Crippen molar-refractivity contribution in [2.45, 2.75) is 38.1 Å². The Labute approximate surface area is 88.1 Å². The summed E-state index contributed by atoms with van der Waals surface area (Å²) in [5.41, 5.74) is 0.364. The van der Waals surface area contributed by atoms with E-state index in [1.807, 2.05) is 0 Å². The minimum Gasteiger partial charge on any atom is -0.314 e. The Hall–Kier alpha value is -0.520. The van der Waals surface area contributed by atoms with Crippen LogP contribution in [0.25, 0.3) is 0 Å². The van der Waals surface area contributed by atoms with Crippen LogP contribution in [-0.2, 0) is 0 Å². The van der Waals surface area contributed by atoms with Crippen LogP contribution in [0.1, 0.15) is 32.6 Å². The van der Waals surface area contributed by atoms with Gasteiger partial charge in [-0.3, -0.25) is 0 Å². The fourth-order valence-corrected chi connectivity index (χ4v) is 1.92. The zero-order valence-corrected chi connectivity index (χ0v) is 9.47. The molecule has 2 nitrogen and oxygen atoms in total. The summed E-state index contributed by atoms with van der Waals surface area (Å²) >= 11 is 0. The minimum atomic E-state index is 0.364. The Morgan fingerprint density at radius 3 is 2.57 bits per heavy atom. The van der Waals surface area contributed by atoms with E-state index in [2.05, 4.69) is 30.1 Å². The molecular formula is C12H22N2. The molecule has 1 N–H and O–H groups in total. The van der Waals surface area contributed by atoms with Crippen molar-refractivity contribution in [1.29, 1.82) is 0 Å². The van der Waals surface area contributed by atoms with E-state index in [-0.39, 0.29) is 0 Å². The van der Waals surface area contributed by atoms with Crippen molar-refractivity contribution >= 4 is 0 Å². The largest absolute Gasteiger partial charge is 0.314 e. The summed E-state index contributed by atoms with van der Waals surface area (Å²) in [4.78, 5) is 2.52. The normalized spacial score (nSPS) is 21.8. The van der Waals surface area contributed by atoms with E-state index in [4.69, 9.17) is 6.42 Å². The summed E-state index contributed by atoms with van der Waals surface area (Å²) in [6, 6.07) is 0. The van der Waals surface area contributed by atoms with Crippen LogP contribution in [0.15, 0.2) is 0 Å². The van der Waals surface area contributed by atoms with E-state index >= 15 is 0 Å². The molecule has 0 saturated carbocycles. The number of unbranched alkanes of at least 4 members (excludes halogenated alkanes) is 1. The second-order valence-electron chi connectivity index (χ2n) is 4.46. The van der Waals surface area contributed by atoms with Crippen LogP contribution in [0.4, 0.5) is 0 Å². The topological polar surface area (TPSA) is 15.3 Å². The number of terminal acetylenes is 1. The van der Waals surface area contributed by atoms with Crippen molar-refractivity contribution in [3.8, 4) is 12.3 Å². The number of rotatable bonds is 4. The van der Waals surface area contributed by atoms with Gasteiger partial charge in [-0.25, -0.2) is 0 Å². The van der Waals surface area contributed by atoms with Gasteiger partial charge in [0, 0.05) is 12.0 Å². The van der Waals surface area contributed by atoms with Crippen LogP contribution in [0.3, 0.4) is 0 Å². The molecule has 1 aliphatic rings. The molecule has 0 bridgehead atoms. The van der Waals surface area contributed by atoms with E-state index in [1.165, 1.54) is 32.5 Å². The quantitative estimate of drug-likeness (QED) is 0.538. The number of hydrogen-bond donors (Lipinski definition) is 1. The van der Waals surface area contributed by atoms with Gasteiger partial charge in [-0.1, -0.05) is 0 Å². The van der Waals surface area contributed by atoms with Crippen LogP contribution in [0.5, 0.6) is 0 Å². The molecule has 2 heteroatoms. The van der Waals surface area contributed by atoms with Crippen LogP contribution in [0, 0.1) is 12.3 Å². The van der Waals surface area contributed by atoms with Gasteiger partial charge in [0.1, 0.15) is 0 Å². The van der Waals surface area contributed by atoms with Gasteiger partial charge in [-0.05, 0) is 52.9 Å². The highest BCUT2D eigenvalue weighted by Gasteiger charge is 2.27. The molecule has 0 spiro atoms. The van der Waals surface area contributed by atoms with E-state index in [9.17, 15) is 0 Å². The lowest BCUT2D eigenvalue weighted by molar-refractivity contribution is 0.151. The minimum absolute atomic E-state index is 0.364. The molecule has 0 aromatic rings. The fourth-order valence-electron chi connectivity index (χ4n) is 1.92. The Morgan fingerprint density at radius 2 is 2.07 bits per heavy atom. The van der Waals surface area contributed by atoms with Crippen molar-refractivity contribution in [3.05, 3.63) is 0 Å². The second-order valence-corrected chi connectivity index (χ2v) is 4.46. The van der Waals surface area contributed by atoms with Crippen molar-refractivity contribution in [2.24, 2.45) is 0 Å². The molecule has 14 heavy (non-hydrogen) atoms. The lowest BCUT2D eigenvalue weighted by Gasteiger charge is -2.39. The Kier molecular flexibility index (Phi) is 4.44. The van der Waals surface area contributed by atoms with E-state index in [1.54, 1.807) is 0 Å². The number of nitrogens with zero attached hydrogens (tertiary/aromatic N) is 1. The maximum absolute atomic E-state index is 5.23. The zero-order valence-electron chi connectivity index (χ0n) is 9.47. The molecular weight excluding hydrogens is 172 g/mol. The van der Waals surface area contributed by atoms with Crippen LogP contribution >= 0.6 is 0 Å². The molecule has 1 rings (SSSR count). The monoisotopic (exact) mass is 194 g/mol. The standard InChI is InChI=1S/C12H22N2/c1-4-5-6-9-14-10-7-12(2,13-3)8-11-14/h1,13H,5-11H2,2-3H3. The van der Waals surface area contributed by atoms with Crippen molar-refractivity contribution in [1.82, 2.24) is 10.2 Å². The fraction of sp³-hybridized carbons (Fsp3) is 0.833. The molecule has 0 aliphatic carbocycles. The van der Waals surface area contributed by atoms with Gasteiger partial charge in [0.15, 0.2) is 0 Å². The predicted molar refractivity (Wildman–Crippen MR) is 61.2 cm³/mol. The molecule has 0 aromatic carbocycles. The number of piperidine rings is 1. The highest BCUT2D eigenvalue weighted by Crippen LogP contribution is 2.20. The first-order chi connectivity index (χ1) is 6.70. The molecule has 1 fully saturated rings. The van der Waals surface area contributed by atoms with Gasteiger partial charge >= 0.3 is 0 Å². The second kappa shape index (κ2) is 5.38. The van der Waals surface area contributed by atoms with Crippen molar-refractivity contribution < 1.29 is 0 Å². The number of likely N-dealkylation sites (tertiary alicyclic amines) is 1. The summed E-state index contributed by atoms with van der Waals surface area (Å²) in [5.74, 6) is 2.70. The van der Waals surface area contributed by atoms with Crippen molar-refractivity contribution in [2.75, 3.05) is 26.7 Å². The SMILES string of the molecule is C#CCCCN1CCC(C)(NC)CC1. The smallest absolute Gasteiger partial charge is 0.0174 e. The zero-order chi connectivity index (χ0) is 10.4. The molecule has 0 radical (unpaired) electrons. The lowest BCUT2D eigenvalue weighted by atomic mass is 9.90. The van der Waals surface area contributed by atoms with E-state index in [0.717, 1.165) is 12.8 Å². The molecule has 0 atom stereocenters. The molecule has 0 aromatic heterocycles. The maximum atomic E-state index is 5.23. The third-order valence-electron chi connectivity index (χ3n) is 3.36. The summed E-state index contributed by atoms with van der Waals surface area (Å²) in [7, 11) is 2.06. The van der Waals surface area contributed by atoms with Gasteiger partial charge in [0.25, 0.3) is 0 Å². The lowest BCUT2D eigenvalue weighted by Crippen LogP contribution is -2.50. The summed E-state index contributed by atoms with van der Waals surface area (Å²) < 4.78 is 0.